The number of H-pyrrole nitrogens is 1. The molecule has 122 valence electrons. The highest BCUT2D eigenvalue weighted by Gasteiger charge is 2.42. The van der Waals surface area contributed by atoms with Gasteiger partial charge in [-0.25, -0.2) is 8.78 Å². The van der Waals surface area contributed by atoms with E-state index in [1.54, 1.807) is 24.3 Å². The molecule has 1 aromatic heterocycles. The summed E-state index contributed by atoms with van der Waals surface area (Å²) in [6, 6.07) is 6.80. The number of aromatic amines is 1. The lowest BCUT2D eigenvalue weighted by Crippen LogP contribution is -2.22. The molecule has 1 atom stereocenters. The highest BCUT2D eigenvalue weighted by Crippen LogP contribution is 2.39. The Balaban J connectivity index is 1.75. The third-order valence-corrected chi connectivity index (χ3v) is 4.13. The Morgan fingerprint density at radius 1 is 1.30 bits per heavy atom. The highest BCUT2D eigenvalue weighted by molar-refractivity contribution is 6.00. The molecule has 23 heavy (non-hydrogen) atoms. The van der Waals surface area contributed by atoms with E-state index in [9.17, 15) is 18.4 Å². The summed E-state index contributed by atoms with van der Waals surface area (Å²) in [4.78, 5) is 26.6. The lowest BCUT2D eigenvalue weighted by Gasteiger charge is -2.11. The third-order valence-electron chi connectivity index (χ3n) is 4.13. The van der Waals surface area contributed by atoms with Crippen molar-refractivity contribution in [3.63, 3.8) is 0 Å². The van der Waals surface area contributed by atoms with Crippen LogP contribution in [0.25, 0.3) is 10.9 Å². The van der Waals surface area contributed by atoms with E-state index in [1.807, 2.05) is 0 Å². The maximum atomic E-state index is 13.2. The van der Waals surface area contributed by atoms with E-state index in [4.69, 9.17) is 0 Å². The molecule has 2 aromatic rings. The minimum Gasteiger partial charge on any atom is -0.354 e. The van der Waals surface area contributed by atoms with Crippen LogP contribution in [-0.2, 0) is 4.79 Å². The van der Waals surface area contributed by atoms with Crippen molar-refractivity contribution in [1.29, 1.82) is 0 Å². The van der Waals surface area contributed by atoms with Gasteiger partial charge in [0.25, 0.3) is 5.91 Å². The number of benzene rings is 1. The highest BCUT2D eigenvalue weighted by atomic mass is 19.3. The van der Waals surface area contributed by atoms with Crippen molar-refractivity contribution in [2.45, 2.75) is 25.2 Å². The fourth-order valence-electron chi connectivity index (χ4n) is 2.89. The molecule has 1 unspecified atom stereocenters. The maximum Gasteiger partial charge on any atom is 0.267 e. The number of anilines is 1. The second-order valence-electron chi connectivity index (χ2n) is 5.85. The fourth-order valence-corrected chi connectivity index (χ4v) is 2.89. The van der Waals surface area contributed by atoms with Gasteiger partial charge in [-0.2, -0.15) is 0 Å². The van der Waals surface area contributed by atoms with Crippen LogP contribution in [0.1, 0.15) is 29.8 Å². The van der Waals surface area contributed by atoms with E-state index >= 15 is 0 Å². The minimum atomic E-state index is -2.74. The number of amides is 2. The van der Waals surface area contributed by atoms with Crippen LogP contribution in [0.2, 0.25) is 0 Å². The number of hydrogen-bond donors (Lipinski definition) is 3. The van der Waals surface area contributed by atoms with E-state index in [0.29, 0.717) is 11.4 Å². The second kappa shape index (κ2) is 5.64. The first-order chi connectivity index (χ1) is 10.9. The summed E-state index contributed by atoms with van der Waals surface area (Å²) in [5.41, 5.74) is 1.70. The number of carbonyl (C=O) groups excluding carboxylic acids is 2. The summed E-state index contributed by atoms with van der Waals surface area (Å²) in [6.45, 7) is 0. The molecule has 3 rings (SSSR count). The number of nitrogens with one attached hydrogen (secondary N) is 3. The molecule has 5 nitrogen and oxygen atoms in total. The molecule has 3 N–H and O–H groups in total. The minimum absolute atomic E-state index is 0.200. The Kier molecular flexibility index (Phi) is 3.79. The summed E-state index contributed by atoms with van der Waals surface area (Å²) < 4.78 is 26.4. The van der Waals surface area contributed by atoms with Crippen molar-refractivity contribution in [2.75, 3.05) is 12.4 Å². The Bertz CT molecular complexity index is 770. The quantitative estimate of drug-likeness (QED) is 0.813. The van der Waals surface area contributed by atoms with Crippen molar-refractivity contribution in [2.24, 2.45) is 5.92 Å². The van der Waals surface area contributed by atoms with Gasteiger partial charge in [0.2, 0.25) is 11.8 Å². The first-order valence-electron chi connectivity index (χ1n) is 7.41. The molecule has 1 heterocycles. The van der Waals surface area contributed by atoms with Crippen LogP contribution < -0.4 is 10.6 Å². The molecule has 0 aliphatic heterocycles. The van der Waals surface area contributed by atoms with Gasteiger partial charge in [0.05, 0.1) is 0 Å². The van der Waals surface area contributed by atoms with Crippen molar-refractivity contribution >= 4 is 28.4 Å². The van der Waals surface area contributed by atoms with Crippen LogP contribution >= 0.6 is 0 Å². The smallest absolute Gasteiger partial charge is 0.267 e. The Morgan fingerprint density at radius 2 is 2.09 bits per heavy atom. The molecule has 1 aromatic carbocycles. The monoisotopic (exact) mass is 321 g/mol. The molecule has 1 aliphatic rings. The number of alkyl halides is 2. The standard InChI is InChI=1S/C16H17F2N3O2/c1-19-15(23)13-7-10-6-11(2-3-12(10)21-13)20-14(22)9-4-5-16(17,18)8-9/h2-3,6-7,9,21H,4-5,8H2,1H3,(H,19,23)(H,20,22). The van der Waals surface area contributed by atoms with Gasteiger partial charge in [0.1, 0.15) is 5.69 Å². The average Bonchev–Trinajstić information content (AvgIpc) is 3.09. The maximum absolute atomic E-state index is 13.2. The van der Waals surface area contributed by atoms with E-state index in [2.05, 4.69) is 15.6 Å². The molecule has 1 aliphatic carbocycles. The number of rotatable bonds is 3. The first kappa shape index (κ1) is 15.5. The Hall–Kier alpha value is -2.44. The summed E-state index contributed by atoms with van der Waals surface area (Å²) in [5, 5.41) is 5.96. The summed E-state index contributed by atoms with van der Waals surface area (Å²) in [6.07, 6.45) is -0.435. The van der Waals surface area contributed by atoms with Gasteiger partial charge in [0.15, 0.2) is 0 Å². The van der Waals surface area contributed by atoms with Crippen LogP contribution in [0, 0.1) is 5.92 Å². The van der Waals surface area contributed by atoms with E-state index in [1.165, 1.54) is 7.05 Å². The zero-order chi connectivity index (χ0) is 16.6. The SMILES string of the molecule is CNC(=O)c1cc2cc(NC(=O)C3CCC(F)(F)C3)ccc2[nH]1. The van der Waals surface area contributed by atoms with Gasteiger partial charge in [-0.05, 0) is 30.7 Å². The van der Waals surface area contributed by atoms with Crippen molar-refractivity contribution in [3.05, 3.63) is 30.0 Å². The molecule has 7 heteroatoms. The zero-order valence-corrected chi connectivity index (χ0v) is 12.6. The van der Waals surface area contributed by atoms with Crippen molar-refractivity contribution in [3.8, 4) is 0 Å². The predicted molar refractivity (Wildman–Crippen MR) is 82.6 cm³/mol. The van der Waals surface area contributed by atoms with Crippen molar-refractivity contribution in [1.82, 2.24) is 10.3 Å². The summed E-state index contributed by atoms with van der Waals surface area (Å²) in [5.74, 6) is -4.02. The molecule has 0 spiro atoms. The number of carbonyl (C=O) groups is 2. The lowest BCUT2D eigenvalue weighted by molar-refractivity contribution is -0.120. The molecule has 2 amide bonds. The first-order valence-corrected chi connectivity index (χ1v) is 7.41. The molecule has 0 saturated heterocycles. The Labute approximate surface area is 131 Å². The number of fused-ring (bicyclic) bond motifs is 1. The van der Waals surface area contributed by atoms with Gasteiger partial charge < -0.3 is 15.6 Å². The van der Waals surface area contributed by atoms with Crippen LogP contribution in [0.4, 0.5) is 14.5 Å². The summed E-state index contributed by atoms with van der Waals surface area (Å²) >= 11 is 0. The molecule has 0 radical (unpaired) electrons. The van der Waals surface area contributed by atoms with Crippen LogP contribution in [0.5, 0.6) is 0 Å². The van der Waals surface area contributed by atoms with E-state index < -0.39 is 18.3 Å². The topological polar surface area (TPSA) is 74.0 Å². The van der Waals surface area contributed by atoms with Gasteiger partial charge in [0, 0.05) is 42.4 Å². The largest absolute Gasteiger partial charge is 0.354 e. The summed E-state index contributed by atoms with van der Waals surface area (Å²) in [7, 11) is 1.54. The molecule has 1 fully saturated rings. The average molecular weight is 321 g/mol. The molecular weight excluding hydrogens is 304 g/mol. The lowest BCUT2D eigenvalue weighted by atomic mass is 10.1. The third kappa shape index (κ3) is 3.18. The second-order valence-corrected chi connectivity index (χ2v) is 5.85. The molecule has 0 bridgehead atoms. The van der Waals surface area contributed by atoms with Crippen LogP contribution in [0.3, 0.4) is 0 Å². The Morgan fingerprint density at radius 3 is 2.74 bits per heavy atom. The fraction of sp³-hybridized carbons (Fsp3) is 0.375. The zero-order valence-electron chi connectivity index (χ0n) is 12.6. The van der Waals surface area contributed by atoms with Crippen LogP contribution in [0.15, 0.2) is 24.3 Å². The van der Waals surface area contributed by atoms with Gasteiger partial charge in [-0.3, -0.25) is 9.59 Å². The van der Waals surface area contributed by atoms with Gasteiger partial charge in [-0.1, -0.05) is 0 Å². The molecular formula is C16H17F2N3O2. The van der Waals surface area contributed by atoms with Gasteiger partial charge >= 0.3 is 0 Å². The normalized spacial score (nSPS) is 19.7. The van der Waals surface area contributed by atoms with Crippen LogP contribution in [-0.4, -0.2) is 29.8 Å². The number of hydrogen-bond acceptors (Lipinski definition) is 2. The van der Waals surface area contributed by atoms with E-state index in [0.717, 1.165) is 10.9 Å². The number of halogens is 2. The van der Waals surface area contributed by atoms with E-state index in [-0.39, 0.29) is 24.7 Å². The number of aromatic nitrogens is 1. The van der Waals surface area contributed by atoms with Gasteiger partial charge in [-0.15, -0.1) is 0 Å². The molecule has 1 saturated carbocycles. The predicted octanol–water partition coefficient (Wildman–Crippen LogP) is 2.90. The van der Waals surface area contributed by atoms with Crippen molar-refractivity contribution < 1.29 is 18.4 Å².